The molecule has 2 aromatic rings. The molecule has 0 amide bonds. The minimum Gasteiger partial charge on any atom is -0.507 e. The number of phenols is 1. The zero-order valence-electron chi connectivity index (χ0n) is 9.25. The molecule has 0 aliphatic heterocycles. The summed E-state index contributed by atoms with van der Waals surface area (Å²) in [5, 5.41) is 12.5. The lowest BCUT2D eigenvalue weighted by atomic mass is 10.2. The summed E-state index contributed by atoms with van der Waals surface area (Å²) in [6.45, 7) is 0.556. The molecular weight excluding hydrogens is 365 g/mol. The molecule has 0 atom stereocenters. The van der Waals surface area contributed by atoms with Gasteiger partial charge in [-0.3, -0.25) is 0 Å². The fraction of sp³-hybridized carbons (Fsp3) is 0.0769. The van der Waals surface area contributed by atoms with Crippen LogP contribution in [0, 0.1) is 5.82 Å². The van der Waals surface area contributed by atoms with Crippen molar-refractivity contribution < 1.29 is 9.50 Å². The van der Waals surface area contributed by atoms with Crippen molar-refractivity contribution >= 4 is 37.5 Å². The number of phenolic OH excluding ortho intramolecular Hbond substituents is 1. The predicted octanol–water partition coefficient (Wildman–Crippen LogP) is 4.67. The first kappa shape index (κ1) is 13.4. The van der Waals surface area contributed by atoms with Crippen molar-refractivity contribution in [2.24, 2.45) is 0 Å². The molecule has 2 aromatic carbocycles. The molecule has 0 saturated carbocycles. The third-order valence-corrected chi connectivity index (χ3v) is 3.71. The van der Waals surface area contributed by atoms with Crippen LogP contribution >= 0.6 is 31.9 Å². The largest absolute Gasteiger partial charge is 0.507 e. The first-order valence-electron chi connectivity index (χ1n) is 5.22. The summed E-state index contributed by atoms with van der Waals surface area (Å²) in [7, 11) is 0. The third-order valence-electron chi connectivity index (χ3n) is 2.43. The van der Waals surface area contributed by atoms with E-state index >= 15 is 0 Å². The van der Waals surface area contributed by atoms with Gasteiger partial charge in [0.25, 0.3) is 0 Å². The van der Waals surface area contributed by atoms with Crippen molar-refractivity contribution in [1.82, 2.24) is 0 Å². The van der Waals surface area contributed by atoms with Gasteiger partial charge in [0.05, 0.1) is 8.95 Å². The van der Waals surface area contributed by atoms with Gasteiger partial charge in [-0.05, 0) is 67.8 Å². The molecule has 2 nitrogen and oxygen atoms in total. The molecule has 0 fully saturated rings. The van der Waals surface area contributed by atoms with Crippen LogP contribution in [0.5, 0.6) is 5.75 Å². The maximum absolute atomic E-state index is 13.3. The van der Waals surface area contributed by atoms with Crippen molar-refractivity contribution in [3.05, 3.63) is 56.7 Å². The van der Waals surface area contributed by atoms with Gasteiger partial charge in [0.15, 0.2) is 0 Å². The van der Waals surface area contributed by atoms with E-state index in [4.69, 9.17) is 0 Å². The lowest BCUT2D eigenvalue weighted by molar-refractivity contribution is 0.471. The summed E-state index contributed by atoms with van der Waals surface area (Å²) >= 11 is 6.36. The zero-order chi connectivity index (χ0) is 13.1. The maximum Gasteiger partial charge on any atom is 0.139 e. The summed E-state index contributed by atoms with van der Waals surface area (Å²) in [5.74, 6) is -0.0969. The van der Waals surface area contributed by atoms with Crippen LogP contribution in [0.2, 0.25) is 0 Å². The topological polar surface area (TPSA) is 32.3 Å². The van der Waals surface area contributed by atoms with Crippen molar-refractivity contribution in [2.75, 3.05) is 5.32 Å². The van der Waals surface area contributed by atoms with Gasteiger partial charge in [0, 0.05) is 12.2 Å². The highest BCUT2D eigenvalue weighted by Gasteiger charge is 2.02. The number of halogens is 3. The van der Waals surface area contributed by atoms with Gasteiger partial charge in [-0.1, -0.05) is 6.07 Å². The SMILES string of the molecule is Oc1ccc(CNc2ccc(Br)c(F)c2)cc1Br. The van der Waals surface area contributed by atoms with Crippen LogP contribution in [0.15, 0.2) is 45.3 Å². The molecule has 94 valence electrons. The van der Waals surface area contributed by atoms with Crippen molar-refractivity contribution in [2.45, 2.75) is 6.54 Å². The highest BCUT2D eigenvalue weighted by atomic mass is 79.9. The zero-order valence-corrected chi connectivity index (χ0v) is 12.4. The fourth-order valence-corrected chi connectivity index (χ4v) is 2.14. The van der Waals surface area contributed by atoms with E-state index in [1.54, 1.807) is 18.2 Å². The summed E-state index contributed by atoms with van der Waals surface area (Å²) in [4.78, 5) is 0. The number of rotatable bonds is 3. The third kappa shape index (κ3) is 3.23. The Morgan fingerprint density at radius 3 is 2.50 bits per heavy atom. The molecule has 5 heteroatoms. The lowest BCUT2D eigenvalue weighted by Gasteiger charge is -2.08. The molecule has 0 radical (unpaired) electrons. The molecule has 2 rings (SSSR count). The van der Waals surface area contributed by atoms with Crippen LogP contribution < -0.4 is 5.32 Å². The Bertz CT molecular complexity index is 523. The second-order valence-corrected chi connectivity index (χ2v) is 5.48. The van der Waals surface area contributed by atoms with Crippen LogP contribution in [0.25, 0.3) is 0 Å². The Hall–Kier alpha value is -1.07. The van der Waals surface area contributed by atoms with Gasteiger partial charge in [0.2, 0.25) is 0 Å². The standard InChI is InChI=1S/C13H10Br2FNO/c14-10-3-2-9(6-12(10)16)17-7-8-1-4-13(18)11(15)5-8/h1-6,17-18H,7H2. The summed E-state index contributed by atoms with van der Waals surface area (Å²) in [6, 6.07) is 10.1. The van der Waals surface area contributed by atoms with E-state index in [-0.39, 0.29) is 11.6 Å². The Labute approximate surface area is 121 Å². The van der Waals surface area contributed by atoms with Gasteiger partial charge >= 0.3 is 0 Å². The number of aromatic hydroxyl groups is 1. The minimum atomic E-state index is -0.299. The predicted molar refractivity (Wildman–Crippen MR) is 77.2 cm³/mol. The van der Waals surface area contributed by atoms with E-state index in [0.717, 1.165) is 5.56 Å². The average Bonchev–Trinajstić information content (AvgIpc) is 2.35. The van der Waals surface area contributed by atoms with E-state index in [1.807, 2.05) is 12.1 Å². The molecular formula is C13H10Br2FNO. The van der Waals surface area contributed by atoms with Crippen LogP contribution in [0.4, 0.5) is 10.1 Å². The summed E-state index contributed by atoms with van der Waals surface area (Å²) < 4.78 is 14.4. The number of hydrogen-bond acceptors (Lipinski definition) is 2. The Balaban J connectivity index is 2.06. The fourth-order valence-electron chi connectivity index (χ4n) is 1.47. The first-order chi connectivity index (χ1) is 8.56. The molecule has 0 spiro atoms. The van der Waals surface area contributed by atoms with Crippen LogP contribution in [-0.4, -0.2) is 5.11 Å². The van der Waals surface area contributed by atoms with E-state index in [1.165, 1.54) is 6.07 Å². The Morgan fingerprint density at radius 2 is 1.83 bits per heavy atom. The highest BCUT2D eigenvalue weighted by Crippen LogP contribution is 2.25. The van der Waals surface area contributed by atoms with E-state index in [0.29, 0.717) is 21.2 Å². The monoisotopic (exact) mass is 373 g/mol. The molecule has 2 N–H and O–H groups in total. The van der Waals surface area contributed by atoms with Gasteiger partial charge in [-0.25, -0.2) is 4.39 Å². The Morgan fingerprint density at radius 1 is 1.06 bits per heavy atom. The van der Waals surface area contributed by atoms with Gasteiger partial charge in [0.1, 0.15) is 11.6 Å². The smallest absolute Gasteiger partial charge is 0.139 e. The molecule has 18 heavy (non-hydrogen) atoms. The second kappa shape index (κ2) is 5.71. The van der Waals surface area contributed by atoms with E-state index < -0.39 is 0 Å². The van der Waals surface area contributed by atoms with Crippen LogP contribution in [0.1, 0.15) is 5.56 Å². The second-order valence-electron chi connectivity index (χ2n) is 3.77. The molecule has 0 aliphatic carbocycles. The van der Waals surface area contributed by atoms with Crippen LogP contribution in [0.3, 0.4) is 0 Å². The van der Waals surface area contributed by atoms with Crippen molar-refractivity contribution in [3.63, 3.8) is 0 Å². The summed E-state index contributed by atoms with van der Waals surface area (Å²) in [6.07, 6.45) is 0. The van der Waals surface area contributed by atoms with Crippen molar-refractivity contribution in [1.29, 1.82) is 0 Å². The Kier molecular flexibility index (Phi) is 4.24. The van der Waals surface area contributed by atoms with Gasteiger partial charge in [-0.2, -0.15) is 0 Å². The highest BCUT2D eigenvalue weighted by molar-refractivity contribution is 9.10. The lowest BCUT2D eigenvalue weighted by Crippen LogP contribution is -1.99. The quantitative estimate of drug-likeness (QED) is 0.818. The molecule has 0 heterocycles. The number of hydrogen-bond donors (Lipinski definition) is 2. The van der Waals surface area contributed by atoms with Crippen LogP contribution in [-0.2, 0) is 6.54 Å². The first-order valence-corrected chi connectivity index (χ1v) is 6.81. The average molecular weight is 375 g/mol. The van der Waals surface area contributed by atoms with E-state index in [2.05, 4.69) is 37.2 Å². The molecule has 0 saturated heterocycles. The maximum atomic E-state index is 13.3. The minimum absolute atomic E-state index is 0.202. The van der Waals surface area contributed by atoms with E-state index in [9.17, 15) is 9.50 Å². The number of nitrogens with one attached hydrogen (secondary N) is 1. The molecule has 0 aromatic heterocycles. The van der Waals surface area contributed by atoms with Gasteiger partial charge < -0.3 is 10.4 Å². The van der Waals surface area contributed by atoms with Gasteiger partial charge in [-0.15, -0.1) is 0 Å². The number of benzene rings is 2. The molecule has 0 bridgehead atoms. The van der Waals surface area contributed by atoms with Crippen molar-refractivity contribution in [3.8, 4) is 5.75 Å². The molecule has 0 unspecified atom stereocenters. The normalized spacial score (nSPS) is 10.4. The summed E-state index contributed by atoms with van der Waals surface area (Å²) in [5.41, 5.74) is 1.70. The molecule has 0 aliphatic rings. The number of anilines is 1.